The van der Waals surface area contributed by atoms with Gasteiger partial charge in [-0.15, -0.1) is 0 Å². The Morgan fingerprint density at radius 3 is 3.06 bits per heavy atom. The lowest BCUT2D eigenvalue weighted by Gasteiger charge is -2.19. The van der Waals surface area contributed by atoms with E-state index in [0.717, 1.165) is 19.5 Å². The molecule has 3 nitrogen and oxygen atoms in total. The van der Waals surface area contributed by atoms with Gasteiger partial charge in [-0.1, -0.05) is 6.07 Å². The lowest BCUT2D eigenvalue weighted by atomic mass is 10.1. The number of hydrogen-bond donors (Lipinski definition) is 1. The Labute approximate surface area is 104 Å². The zero-order chi connectivity index (χ0) is 12.1. The van der Waals surface area contributed by atoms with E-state index in [2.05, 4.69) is 30.2 Å². The highest BCUT2D eigenvalue weighted by atomic mass is 16.5. The Bertz CT molecular complexity index is 337. The third-order valence-electron chi connectivity index (χ3n) is 3.24. The summed E-state index contributed by atoms with van der Waals surface area (Å²) in [5.74, 6) is 0. The van der Waals surface area contributed by atoms with Gasteiger partial charge in [0.1, 0.15) is 0 Å². The third kappa shape index (κ3) is 4.10. The highest BCUT2D eigenvalue weighted by molar-refractivity contribution is 5.08. The average Bonchev–Trinajstić information content (AvgIpc) is 2.66. The Kier molecular flexibility index (Phi) is 4.13. The lowest BCUT2D eigenvalue weighted by molar-refractivity contribution is -0.0140. The van der Waals surface area contributed by atoms with E-state index in [1.165, 1.54) is 18.4 Å². The lowest BCUT2D eigenvalue weighted by Crippen LogP contribution is -2.30. The highest BCUT2D eigenvalue weighted by Gasteiger charge is 2.30. The molecule has 1 fully saturated rings. The van der Waals surface area contributed by atoms with Gasteiger partial charge >= 0.3 is 0 Å². The molecule has 3 heteroatoms. The van der Waals surface area contributed by atoms with Crippen LogP contribution in [0.1, 0.15) is 32.3 Å². The van der Waals surface area contributed by atoms with Crippen molar-refractivity contribution in [2.24, 2.45) is 0 Å². The summed E-state index contributed by atoms with van der Waals surface area (Å²) in [5.41, 5.74) is 1.36. The third-order valence-corrected chi connectivity index (χ3v) is 3.24. The summed E-state index contributed by atoms with van der Waals surface area (Å²) in [6.07, 6.45) is 7.50. The Morgan fingerprint density at radius 2 is 2.41 bits per heavy atom. The van der Waals surface area contributed by atoms with Crippen LogP contribution in [-0.2, 0) is 11.2 Å². The van der Waals surface area contributed by atoms with Crippen molar-refractivity contribution in [1.82, 2.24) is 10.3 Å². The summed E-state index contributed by atoms with van der Waals surface area (Å²) in [4.78, 5) is 4.11. The van der Waals surface area contributed by atoms with Crippen molar-refractivity contribution in [1.29, 1.82) is 0 Å². The number of hydrogen-bond acceptors (Lipinski definition) is 3. The molecule has 1 aliphatic rings. The van der Waals surface area contributed by atoms with Crippen molar-refractivity contribution in [3.63, 3.8) is 0 Å². The first kappa shape index (κ1) is 12.5. The molecule has 1 aromatic heterocycles. The van der Waals surface area contributed by atoms with Gasteiger partial charge in [0.25, 0.3) is 0 Å². The molecule has 1 atom stereocenters. The fourth-order valence-corrected chi connectivity index (χ4v) is 2.26. The summed E-state index contributed by atoms with van der Waals surface area (Å²) in [5, 5.41) is 3.46. The fraction of sp³-hybridized carbons (Fsp3) is 0.643. The second-order valence-corrected chi connectivity index (χ2v) is 5.35. The minimum atomic E-state index is 0.0791. The largest absolute Gasteiger partial charge is 0.371 e. The van der Waals surface area contributed by atoms with Crippen LogP contribution >= 0.6 is 0 Å². The van der Waals surface area contributed by atoms with Crippen molar-refractivity contribution in [3.8, 4) is 0 Å². The number of nitrogens with zero attached hydrogens (tertiary/aromatic N) is 1. The number of rotatable bonds is 5. The van der Waals surface area contributed by atoms with E-state index in [9.17, 15) is 0 Å². The molecule has 2 rings (SSSR count). The van der Waals surface area contributed by atoms with Gasteiger partial charge < -0.3 is 10.1 Å². The van der Waals surface area contributed by atoms with E-state index < -0.39 is 0 Å². The van der Waals surface area contributed by atoms with Crippen molar-refractivity contribution in [2.75, 3.05) is 13.1 Å². The monoisotopic (exact) mass is 234 g/mol. The van der Waals surface area contributed by atoms with E-state index in [-0.39, 0.29) is 5.60 Å². The molecule has 17 heavy (non-hydrogen) atoms. The van der Waals surface area contributed by atoms with Crippen LogP contribution in [0.25, 0.3) is 0 Å². The molecule has 0 bridgehead atoms. The summed E-state index contributed by atoms with van der Waals surface area (Å²) in [6, 6.07) is 4.10. The maximum Gasteiger partial charge on any atom is 0.0707 e. The molecule has 1 N–H and O–H groups in total. The number of aromatic nitrogens is 1. The quantitative estimate of drug-likeness (QED) is 0.793. The Balaban J connectivity index is 1.61. The molecule has 0 spiro atoms. The Morgan fingerprint density at radius 1 is 1.53 bits per heavy atom. The van der Waals surface area contributed by atoms with Crippen molar-refractivity contribution >= 4 is 0 Å². The van der Waals surface area contributed by atoms with Gasteiger partial charge in [0, 0.05) is 18.9 Å². The van der Waals surface area contributed by atoms with Gasteiger partial charge in [0.05, 0.1) is 11.7 Å². The molecular weight excluding hydrogens is 212 g/mol. The highest BCUT2D eigenvalue weighted by Crippen LogP contribution is 2.28. The maximum atomic E-state index is 5.93. The minimum absolute atomic E-state index is 0.0791. The van der Waals surface area contributed by atoms with Crippen molar-refractivity contribution in [2.45, 2.75) is 44.8 Å². The molecule has 0 aromatic carbocycles. The van der Waals surface area contributed by atoms with E-state index in [1.807, 2.05) is 18.5 Å². The van der Waals surface area contributed by atoms with Crippen LogP contribution in [0.3, 0.4) is 0 Å². The standard InChI is InChI=1S/C14H22N2O/c1-14(2)7-5-13(17-14)11-16-9-6-12-4-3-8-15-10-12/h3-4,8,10,13,16H,5-7,9,11H2,1-2H3. The second kappa shape index (κ2) is 5.61. The van der Waals surface area contributed by atoms with Crippen LogP contribution in [0, 0.1) is 0 Å². The molecule has 0 aliphatic carbocycles. The summed E-state index contributed by atoms with van der Waals surface area (Å²) < 4.78 is 5.93. The van der Waals surface area contributed by atoms with E-state index >= 15 is 0 Å². The van der Waals surface area contributed by atoms with Gasteiger partial charge in [0.2, 0.25) is 0 Å². The molecule has 0 saturated carbocycles. The zero-order valence-electron chi connectivity index (χ0n) is 10.8. The van der Waals surface area contributed by atoms with Crippen LogP contribution < -0.4 is 5.32 Å². The molecule has 2 heterocycles. The number of pyridine rings is 1. The summed E-state index contributed by atoms with van der Waals surface area (Å²) >= 11 is 0. The molecular formula is C14H22N2O. The van der Waals surface area contributed by atoms with Crippen LogP contribution in [0.5, 0.6) is 0 Å². The van der Waals surface area contributed by atoms with Gasteiger partial charge in [-0.2, -0.15) is 0 Å². The van der Waals surface area contributed by atoms with Gasteiger partial charge in [0.15, 0.2) is 0 Å². The van der Waals surface area contributed by atoms with Crippen LogP contribution in [0.2, 0.25) is 0 Å². The molecule has 1 aliphatic heterocycles. The first-order valence-electron chi connectivity index (χ1n) is 6.43. The smallest absolute Gasteiger partial charge is 0.0707 e. The van der Waals surface area contributed by atoms with Crippen LogP contribution in [-0.4, -0.2) is 29.8 Å². The minimum Gasteiger partial charge on any atom is -0.371 e. The van der Waals surface area contributed by atoms with Crippen molar-refractivity contribution in [3.05, 3.63) is 30.1 Å². The first-order valence-corrected chi connectivity index (χ1v) is 6.43. The normalized spacial score (nSPS) is 22.8. The van der Waals surface area contributed by atoms with E-state index in [4.69, 9.17) is 4.74 Å². The number of ether oxygens (including phenoxy) is 1. The summed E-state index contributed by atoms with van der Waals surface area (Å²) in [7, 11) is 0. The second-order valence-electron chi connectivity index (χ2n) is 5.35. The predicted molar refractivity (Wildman–Crippen MR) is 69.0 cm³/mol. The maximum absolute atomic E-state index is 5.93. The van der Waals surface area contributed by atoms with E-state index in [1.54, 1.807) is 0 Å². The topological polar surface area (TPSA) is 34.2 Å². The van der Waals surface area contributed by atoms with Gasteiger partial charge in [-0.25, -0.2) is 0 Å². The Hall–Kier alpha value is -0.930. The van der Waals surface area contributed by atoms with E-state index in [0.29, 0.717) is 6.10 Å². The first-order chi connectivity index (χ1) is 8.16. The molecule has 1 aromatic rings. The molecule has 0 radical (unpaired) electrons. The predicted octanol–water partition coefficient (Wildman–Crippen LogP) is 2.17. The van der Waals surface area contributed by atoms with Gasteiger partial charge in [-0.05, 0) is 51.3 Å². The SMILES string of the molecule is CC1(C)CCC(CNCCc2cccnc2)O1. The molecule has 0 amide bonds. The number of nitrogens with one attached hydrogen (secondary N) is 1. The van der Waals surface area contributed by atoms with Gasteiger partial charge in [-0.3, -0.25) is 4.98 Å². The average molecular weight is 234 g/mol. The molecule has 1 saturated heterocycles. The molecule has 94 valence electrons. The zero-order valence-corrected chi connectivity index (χ0v) is 10.8. The van der Waals surface area contributed by atoms with Crippen LogP contribution in [0.15, 0.2) is 24.5 Å². The van der Waals surface area contributed by atoms with Crippen molar-refractivity contribution < 1.29 is 4.74 Å². The van der Waals surface area contributed by atoms with Crippen LogP contribution in [0.4, 0.5) is 0 Å². The summed E-state index contributed by atoms with van der Waals surface area (Å²) in [6.45, 7) is 6.29. The molecule has 1 unspecified atom stereocenters. The fourth-order valence-electron chi connectivity index (χ4n) is 2.26.